The zero-order chi connectivity index (χ0) is 19.4. The number of nitrogens with one attached hydrogen (secondary N) is 2. The number of carbonyl (C=O) groups excluding carboxylic acids is 3. The summed E-state index contributed by atoms with van der Waals surface area (Å²) in [7, 11) is 0. The molecule has 1 atom stereocenters. The van der Waals surface area contributed by atoms with Crippen LogP contribution < -0.4 is 10.6 Å². The topological polar surface area (TPSA) is 84.5 Å². The molecule has 2 amide bonds. The van der Waals surface area contributed by atoms with Gasteiger partial charge in [0.05, 0.1) is 5.56 Å². The molecule has 2 aromatic carbocycles. The number of amides is 2. The summed E-state index contributed by atoms with van der Waals surface area (Å²) < 4.78 is 5.25. The first kappa shape index (κ1) is 18.6. The maximum absolute atomic E-state index is 12.4. The fourth-order valence-corrected chi connectivity index (χ4v) is 2.92. The Kier molecular flexibility index (Phi) is 5.54. The molecule has 2 aromatic rings. The van der Waals surface area contributed by atoms with E-state index in [1.165, 1.54) is 0 Å². The number of hydrogen-bond donors (Lipinski definition) is 2. The Morgan fingerprint density at radius 3 is 2.33 bits per heavy atom. The van der Waals surface area contributed by atoms with Crippen LogP contribution in [0.3, 0.4) is 0 Å². The number of esters is 1. The molecule has 1 unspecified atom stereocenters. The average Bonchev–Trinajstić information content (AvgIpc) is 2.62. The van der Waals surface area contributed by atoms with Gasteiger partial charge >= 0.3 is 5.97 Å². The monoisotopic (exact) mass is 366 g/mol. The van der Waals surface area contributed by atoms with Crippen LogP contribution in [0.4, 0.5) is 11.4 Å². The molecule has 0 aromatic heterocycles. The first-order valence-corrected chi connectivity index (χ1v) is 8.92. The van der Waals surface area contributed by atoms with Gasteiger partial charge in [0.1, 0.15) is 0 Å². The Bertz CT molecular complexity index is 859. The Labute approximate surface area is 157 Å². The van der Waals surface area contributed by atoms with Crippen LogP contribution in [0.15, 0.2) is 48.5 Å². The van der Waals surface area contributed by atoms with Gasteiger partial charge in [-0.2, -0.15) is 0 Å². The van der Waals surface area contributed by atoms with Crippen molar-refractivity contribution in [1.29, 1.82) is 0 Å². The van der Waals surface area contributed by atoms with Crippen LogP contribution in [0.25, 0.3) is 0 Å². The number of ether oxygens (including phenoxy) is 1. The van der Waals surface area contributed by atoms with Crippen molar-refractivity contribution in [3.63, 3.8) is 0 Å². The minimum atomic E-state index is -0.863. The van der Waals surface area contributed by atoms with Gasteiger partial charge in [-0.25, -0.2) is 4.79 Å². The second kappa shape index (κ2) is 8.03. The zero-order valence-corrected chi connectivity index (χ0v) is 15.3. The van der Waals surface area contributed by atoms with E-state index in [9.17, 15) is 14.4 Å². The maximum atomic E-state index is 12.4. The molecule has 2 N–H and O–H groups in total. The summed E-state index contributed by atoms with van der Waals surface area (Å²) in [6.45, 7) is 3.96. The van der Waals surface area contributed by atoms with Crippen molar-refractivity contribution in [1.82, 2.24) is 0 Å². The lowest BCUT2D eigenvalue weighted by Crippen LogP contribution is -2.37. The second-order valence-corrected chi connectivity index (χ2v) is 6.97. The number of fused-ring (bicyclic) bond motifs is 1. The van der Waals surface area contributed by atoms with Gasteiger partial charge in [0, 0.05) is 24.2 Å². The minimum absolute atomic E-state index is 0.0467. The fourth-order valence-electron chi connectivity index (χ4n) is 2.92. The number of rotatable bonds is 5. The van der Waals surface area contributed by atoms with Crippen LogP contribution in [-0.2, 0) is 20.7 Å². The maximum Gasteiger partial charge on any atom is 0.339 e. The van der Waals surface area contributed by atoms with Crippen molar-refractivity contribution < 1.29 is 19.1 Å². The van der Waals surface area contributed by atoms with E-state index >= 15 is 0 Å². The predicted molar refractivity (Wildman–Crippen MR) is 103 cm³/mol. The average molecular weight is 366 g/mol. The van der Waals surface area contributed by atoms with Crippen molar-refractivity contribution >= 4 is 29.2 Å². The lowest BCUT2D eigenvalue weighted by molar-refractivity contribution is -0.125. The van der Waals surface area contributed by atoms with Crippen molar-refractivity contribution in [2.45, 2.75) is 32.8 Å². The molecule has 3 rings (SSSR count). The molecule has 0 spiro atoms. The van der Waals surface area contributed by atoms with Crippen molar-refractivity contribution in [2.24, 2.45) is 5.92 Å². The number of benzene rings is 2. The van der Waals surface area contributed by atoms with Crippen molar-refractivity contribution in [2.75, 3.05) is 10.6 Å². The molecule has 6 heteroatoms. The van der Waals surface area contributed by atoms with Crippen LogP contribution >= 0.6 is 0 Å². The van der Waals surface area contributed by atoms with E-state index in [0.29, 0.717) is 29.8 Å². The number of hydrogen-bond acceptors (Lipinski definition) is 4. The lowest BCUT2D eigenvalue weighted by atomic mass is 9.98. The van der Waals surface area contributed by atoms with Crippen LogP contribution in [0.1, 0.15) is 36.2 Å². The van der Waals surface area contributed by atoms with E-state index in [1.54, 1.807) is 36.4 Å². The molecule has 27 heavy (non-hydrogen) atoms. The summed E-state index contributed by atoms with van der Waals surface area (Å²) in [5.41, 5.74) is 2.54. The zero-order valence-electron chi connectivity index (χ0n) is 15.3. The third-order valence-electron chi connectivity index (χ3n) is 4.21. The molecule has 140 valence electrons. The molecule has 0 fully saturated rings. The molecule has 6 nitrogen and oxygen atoms in total. The molecular formula is C21H22N2O4. The molecule has 0 saturated carbocycles. The molecule has 1 aliphatic heterocycles. The third-order valence-corrected chi connectivity index (χ3v) is 4.21. The lowest BCUT2D eigenvalue weighted by Gasteiger charge is -2.23. The normalized spacial score (nSPS) is 15.7. The molecule has 0 radical (unpaired) electrons. The van der Waals surface area contributed by atoms with Gasteiger partial charge < -0.3 is 15.4 Å². The molecule has 0 aliphatic carbocycles. The summed E-state index contributed by atoms with van der Waals surface area (Å²) in [6, 6.07) is 13.9. The molecular weight excluding hydrogens is 344 g/mol. The van der Waals surface area contributed by atoms with Crippen LogP contribution in [0, 0.1) is 5.92 Å². The smallest absolute Gasteiger partial charge is 0.339 e. The van der Waals surface area contributed by atoms with Gasteiger partial charge in [-0.3, -0.25) is 9.59 Å². The van der Waals surface area contributed by atoms with Gasteiger partial charge in [-0.1, -0.05) is 32.0 Å². The second-order valence-electron chi connectivity index (χ2n) is 6.97. The molecule has 0 bridgehead atoms. The Morgan fingerprint density at radius 1 is 1.04 bits per heavy atom. The molecule has 1 aliphatic rings. The Morgan fingerprint density at radius 2 is 1.67 bits per heavy atom. The van der Waals surface area contributed by atoms with Gasteiger partial charge in [-0.15, -0.1) is 0 Å². The highest BCUT2D eigenvalue weighted by molar-refractivity contribution is 6.00. The van der Waals surface area contributed by atoms with E-state index in [1.807, 2.05) is 26.0 Å². The summed E-state index contributed by atoms with van der Waals surface area (Å²) >= 11 is 0. The van der Waals surface area contributed by atoms with Gasteiger partial charge in [-0.05, 0) is 41.8 Å². The van der Waals surface area contributed by atoms with Gasteiger partial charge in [0.15, 0.2) is 6.10 Å². The highest BCUT2D eigenvalue weighted by Crippen LogP contribution is 2.22. The summed E-state index contributed by atoms with van der Waals surface area (Å²) in [5, 5.41) is 5.56. The standard InChI is InChI=1S/C21H22N2O4/c1-13(2)11-19(24)22-15-7-9-16(10-8-15)23-20(25)18-12-14-5-3-4-6-17(14)21(26)27-18/h3-10,13,18H,11-12H2,1-2H3,(H,22,24)(H,23,25). The summed E-state index contributed by atoms with van der Waals surface area (Å²) in [6.07, 6.45) is -0.0674. The number of carbonyl (C=O) groups is 3. The van der Waals surface area contributed by atoms with Gasteiger partial charge in [0.25, 0.3) is 5.91 Å². The van der Waals surface area contributed by atoms with Crippen LogP contribution in [0.2, 0.25) is 0 Å². The Balaban J connectivity index is 1.60. The first-order chi connectivity index (χ1) is 12.9. The summed E-state index contributed by atoms with van der Waals surface area (Å²) in [5.74, 6) is -0.629. The summed E-state index contributed by atoms with van der Waals surface area (Å²) in [4.78, 5) is 36.3. The molecule has 0 saturated heterocycles. The first-order valence-electron chi connectivity index (χ1n) is 8.92. The quantitative estimate of drug-likeness (QED) is 0.795. The van der Waals surface area contributed by atoms with Crippen molar-refractivity contribution in [3.05, 3.63) is 59.7 Å². The predicted octanol–water partition coefficient (Wildman–Crippen LogP) is 3.39. The van der Waals surface area contributed by atoms with E-state index in [2.05, 4.69) is 10.6 Å². The van der Waals surface area contributed by atoms with E-state index in [0.717, 1.165) is 5.56 Å². The third kappa shape index (κ3) is 4.73. The highest BCUT2D eigenvalue weighted by atomic mass is 16.5. The number of anilines is 2. The van der Waals surface area contributed by atoms with Crippen molar-refractivity contribution in [3.8, 4) is 0 Å². The highest BCUT2D eigenvalue weighted by Gasteiger charge is 2.31. The number of cyclic esters (lactones) is 1. The van der Waals surface area contributed by atoms with Crippen LogP contribution in [0.5, 0.6) is 0 Å². The fraction of sp³-hybridized carbons (Fsp3) is 0.286. The van der Waals surface area contributed by atoms with E-state index < -0.39 is 12.1 Å². The Hall–Kier alpha value is -3.15. The van der Waals surface area contributed by atoms with Crippen LogP contribution in [-0.4, -0.2) is 23.9 Å². The van der Waals surface area contributed by atoms with E-state index in [-0.39, 0.29) is 17.7 Å². The molecule has 1 heterocycles. The SMILES string of the molecule is CC(C)CC(=O)Nc1ccc(NC(=O)C2Cc3ccccc3C(=O)O2)cc1. The van der Waals surface area contributed by atoms with E-state index in [4.69, 9.17) is 4.74 Å². The minimum Gasteiger partial charge on any atom is -0.448 e. The van der Waals surface area contributed by atoms with Gasteiger partial charge in [0.2, 0.25) is 5.91 Å². The largest absolute Gasteiger partial charge is 0.448 e.